The molecular formula is C12H12Br2F3NO2. The average molecular weight is 419 g/mol. The Labute approximate surface area is 130 Å². The van der Waals surface area contributed by atoms with Crippen molar-refractivity contribution in [2.75, 3.05) is 11.9 Å². The van der Waals surface area contributed by atoms with E-state index >= 15 is 0 Å². The Kier molecular flexibility index (Phi) is 5.62. The van der Waals surface area contributed by atoms with Crippen LogP contribution >= 0.6 is 31.9 Å². The van der Waals surface area contributed by atoms with Gasteiger partial charge in [-0.05, 0) is 25.1 Å². The van der Waals surface area contributed by atoms with Crippen LogP contribution in [-0.4, -0.2) is 28.9 Å². The van der Waals surface area contributed by atoms with Crippen molar-refractivity contribution in [2.24, 2.45) is 0 Å². The molecule has 20 heavy (non-hydrogen) atoms. The van der Waals surface area contributed by atoms with E-state index in [1.54, 1.807) is 0 Å². The second kappa shape index (κ2) is 6.44. The molecule has 0 bridgehead atoms. The Morgan fingerprint density at radius 2 is 2.05 bits per heavy atom. The number of amides is 1. The molecule has 1 rings (SSSR count). The van der Waals surface area contributed by atoms with Crippen molar-refractivity contribution in [3.8, 4) is 0 Å². The Balaban J connectivity index is 3.44. The fourth-order valence-corrected chi connectivity index (χ4v) is 2.21. The van der Waals surface area contributed by atoms with Crippen LogP contribution in [0.3, 0.4) is 0 Å². The molecule has 0 saturated carbocycles. The van der Waals surface area contributed by atoms with E-state index in [-0.39, 0.29) is 5.33 Å². The second-order valence-electron chi connectivity index (χ2n) is 4.29. The first-order valence-electron chi connectivity index (χ1n) is 5.49. The molecule has 0 aliphatic carbocycles. The summed E-state index contributed by atoms with van der Waals surface area (Å²) in [7, 11) is 0. The van der Waals surface area contributed by atoms with E-state index in [0.29, 0.717) is 4.47 Å². The molecule has 0 aromatic heterocycles. The van der Waals surface area contributed by atoms with Crippen molar-refractivity contribution in [3.63, 3.8) is 0 Å². The number of nitrogens with one attached hydrogen (secondary N) is 1. The van der Waals surface area contributed by atoms with E-state index in [1.807, 2.05) is 0 Å². The van der Waals surface area contributed by atoms with Crippen LogP contribution in [-0.2, 0) is 10.3 Å². The van der Waals surface area contributed by atoms with Gasteiger partial charge in [0.15, 0.2) is 0 Å². The van der Waals surface area contributed by atoms with Crippen molar-refractivity contribution in [1.29, 1.82) is 0 Å². The molecule has 8 heteroatoms. The third kappa shape index (κ3) is 3.35. The smallest absolute Gasteiger partial charge is 0.297 e. The topological polar surface area (TPSA) is 49.3 Å². The summed E-state index contributed by atoms with van der Waals surface area (Å²) in [4.78, 5) is 11.5. The molecule has 1 amide bonds. The van der Waals surface area contributed by atoms with Crippen LogP contribution in [0.5, 0.6) is 0 Å². The number of alkyl halides is 3. The van der Waals surface area contributed by atoms with Gasteiger partial charge < -0.3 is 10.4 Å². The molecule has 0 radical (unpaired) electrons. The van der Waals surface area contributed by atoms with Crippen LogP contribution in [0.2, 0.25) is 0 Å². The van der Waals surface area contributed by atoms with Crippen molar-refractivity contribution in [2.45, 2.75) is 18.4 Å². The summed E-state index contributed by atoms with van der Waals surface area (Å²) in [5.74, 6) is -5.40. The standard InChI is InChI=1S/C12H12Br2F3NO2/c1-11(12(16,17)6-19,18-10(20)5-13)8-4-7(14)2-3-9(8)15/h2-4,19H,5-6H2,1H3,(H,18,20). The number of benzene rings is 1. The van der Waals surface area contributed by atoms with Gasteiger partial charge in [0.05, 0.1) is 5.33 Å². The minimum Gasteiger partial charge on any atom is -0.390 e. The van der Waals surface area contributed by atoms with E-state index in [9.17, 15) is 18.0 Å². The van der Waals surface area contributed by atoms with Gasteiger partial charge in [0.1, 0.15) is 18.0 Å². The molecule has 0 fully saturated rings. The Bertz CT molecular complexity index is 513. The minimum absolute atomic E-state index is 0.222. The van der Waals surface area contributed by atoms with Crippen LogP contribution in [0.25, 0.3) is 0 Å². The van der Waals surface area contributed by atoms with Gasteiger partial charge in [0.2, 0.25) is 5.91 Å². The highest BCUT2D eigenvalue weighted by atomic mass is 79.9. The first-order valence-corrected chi connectivity index (χ1v) is 7.40. The first kappa shape index (κ1) is 17.5. The number of carbonyl (C=O) groups is 1. The monoisotopic (exact) mass is 417 g/mol. The Morgan fingerprint density at radius 3 is 2.55 bits per heavy atom. The quantitative estimate of drug-likeness (QED) is 0.722. The van der Waals surface area contributed by atoms with Gasteiger partial charge in [0, 0.05) is 10.0 Å². The van der Waals surface area contributed by atoms with Gasteiger partial charge in [-0.1, -0.05) is 31.9 Å². The maximum Gasteiger partial charge on any atom is 0.297 e. The minimum atomic E-state index is -3.74. The first-order chi connectivity index (χ1) is 9.17. The fourth-order valence-electron chi connectivity index (χ4n) is 1.71. The van der Waals surface area contributed by atoms with E-state index < -0.39 is 35.4 Å². The van der Waals surface area contributed by atoms with Crippen molar-refractivity contribution < 1.29 is 23.1 Å². The number of carbonyl (C=O) groups excluding carboxylic acids is 1. The second-order valence-corrected chi connectivity index (χ2v) is 5.77. The highest BCUT2D eigenvalue weighted by molar-refractivity contribution is 9.10. The molecule has 1 unspecified atom stereocenters. The van der Waals surface area contributed by atoms with Gasteiger partial charge >= 0.3 is 0 Å². The third-order valence-corrected chi connectivity index (χ3v) is 3.91. The molecule has 0 spiro atoms. The summed E-state index contributed by atoms with van der Waals surface area (Å²) >= 11 is 5.90. The normalized spacial score (nSPS) is 14.8. The van der Waals surface area contributed by atoms with Crippen LogP contribution in [0, 0.1) is 5.82 Å². The summed E-state index contributed by atoms with van der Waals surface area (Å²) in [6, 6.07) is 3.50. The summed E-state index contributed by atoms with van der Waals surface area (Å²) in [6.07, 6.45) is 0. The zero-order chi connectivity index (χ0) is 15.6. The van der Waals surface area contributed by atoms with Gasteiger partial charge in [0.25, 0.3) is 5.92 Å². The highest BCUT2D eigenvalue weighted by Gasteiger charge is 2.53. The SMILES string of the molecule is CC(NC(=O)CBr)(c1cc(Br)ccc1F)C(F)(F)CO. The molecule has 0 aliphatic rings. The van der Waals surface area contributed by atoms with Crippen LogP contribution in [0.4, 0.5) is 13.2 Å². The lowest BCUT2D eigenvalue weighted by molar-refractivity contribution is -0.141. The van der Waals surface area contributed by atoms with Crippen LogP contribution in [0.15, 0.2) is 22.7 Å². The lowest BCUT2D eigenvalue weighted by Crippen LogP contribution is -2.58. The zero-order valence-corrected chi connectivity index (χ0v) is 13.6. The summed E-state index contributed by atoms with van der Waals surface area (Å²) in [5.41, 5.74) is -2.79. The molecule has 3 nitrogen and oxygen atoms in total. The molecule has 1 atom stereocenters. The maximum atomic E-state index is 14.0. The van der Waals surface area contributed by atoms with Crippen molar-refractivity contribution in [1.82, 2.24) is 5.32 Å². The van der Waals surface area contributed by atoms with E-state index in [2.05, 4.69) is 37.2 Å². The van der Waals surface area contributed by atoms with Crippen LogP contribution in [0.1, 0.15) is 12.5 Å². The Morgan fingerprint density at radius 1 is 1.45 bits per heavy atom. The molecular weight excluding hydrogens is 407 g/mol. The Hall–Kier alpha value is -0.600. The van der Waals surface area contributed by atoms with Gasteiger partial charge in [-0.15, -0.1) is 0 Å². The van der Waals surface area contributed by atoms with Gasteiger partial charge in [-0.25, -0.2) is 13.2 Å². The van der Waals surface area contributed by atoms with E-state index in [1.165, 1.54) is 6.07 Å². The fraction of sp³-hybridized carbons (Fsp3) is 0.417. The lowest BCUT2D eigenvalue weighted by atomic mass is 9.85. The molecule has 0 saturated heterocycles. The summed E-state index contributed by atoms with van der Waals surface area (Å²) in [5, 5.41) is 10.7. The third-order valence-electron chi connectivity index (χ3n) is 2.91. The van der Waals surface area contributed by atoms with Crippen molar-refractivity contribution >= 4 is 37.8 Å². The maximum absolute atomic E-state index is 14.0. The van der Waals surface area contributed by atoms with Gasteiger partial charge in [-0.2, -0.15) is 0 Å². The zero-order valence-electron chi connectivity index (χ0n) is 10.4. The van der Waals surface area contributed by atoms with E-state index in [0.717, 1.165) is 19.1 Å². The number of aliphatic hydroxyl groups is 1. The summed E-state index contributed by atoms with van der Waals surface area (Å²) < 4.78 is 42.3. The van der Waals surface area contributed by atoms with Crippen molar-refractivity contribution in [3.05, 3.63) is 34.1 Å². The number of hydrogen-bond donors (Lipinski definition) is 2. The molecule has 0 aliphatic heterocycles. The molecule has 2 N–H and O–H groups in total. The predicted molar refractivity (Wildman–Crippen MR) is 75.4 cm³/mol. The molecule has 0 heterocycles. The number of aliphatic hydroxyl groups excluding tert-OH is 1. The largest absolute Gasteiger partial charge is 0.390 e. The molecule has 112 valence electrons. The lowest BCUT2D eigenvalue weighted by Gasteiger charge is -2.37. The average Bonchev–Trinajstić information content (AvgIpc) is 2.40. The molecule has 1 aromatic carbocycles. The summed E-state index contributed by atoms with van der Waals surface area (Å²) in [6.45, 7) is -0.563. The highest BCUT2D eigenvalue weighted by Crippen LogP contribution is 2.39. The number of halogens is 5. The van der Waals surface area contributed by atoms with Gasteiger partial charge in [-0.3, -0.25) is 4.79 Å². The van der Waals surface area contributed by atoms with Crippen LogP contribution < -0.4 is 5.32 Å². The number of hydrogen-bond acceptors (Lipinski definition) is 2. The van der Waals surface area contributed by atoms with E-state index in [4.69, 9.17) is 5.11 Å². The number of rotatable bonds is 5. The predicted octanol–water partition coefficient (Wildman–Crippen LogP) is 2.94. The molecule has 1 aromatic rings.